The Hall–Kier alpha value is -4.10. The summed E-state index contributed by atoms with van der Waals surface area (Å²) in [7, 11) is 0. The molecule has 2 amide bonds. The van der Waals surface area contributed by atoms with Gasteiger partial charge in [-0.1, -0.05) is 18.2 Å². The molecule has 1 aliphatic heterocycles. The number of anilines is 3. The molecular formula is C25H21F8N5O. The lowest BCUT2D eigenvalue weighted by Crippen LogP contribution is -2.50. The molecule has 1 saturated heterocycles. The summed E-state index contributed by atoms with van der Waals surface area (Å²) >= 11 is 0. The van der Waals surface area contributed by atoms with Crippen molar-refractivity contribution in [3.63, 3.8) is 0 Å². The van der Waals surface area contributed by atoms with Crippen LogP contribution in [0.4, 0.5) is 57.0 Å². The molecule has 2 aromatic carbocycles. The molecule has 4 rings (SSSR count). The number of halogens is 8. The monoisotopic (exact) mass is 559 g/mol. The molecular weight excluding hydrogens is 538 g/mol. The number of alkyl halides is 4. The zero-order chi connectivity index (χ0) is 28.3. The first-order valence-electron chi connectivity index (χ1n) is 11.6. The van der Waals surface area contributed by atoms with Crippen molar-refractivity contribution in [3.05, 3.63) is 82.7 Å². The Kier molecular flexibility index (Phi) is 8.11. The summed E-state index contributed by atoms with van der Waals surface area (Å²) in [6.45, 7) is -0.392. The molecule has 14 heteroatoms. The van der Waals surface area contributed by atoms with Gasteiger partial charge in [-0.15, -0.1) is 0 Å². The number of rotatable bonds is 6. The molecule has 0 aliphatic carbocycles. The molecule has 0 spiro atoms. The van der Waals surface area contributed by atoms with Crippen LogP contribution in [0.3, 0.4) is 0 Å². The number of carbonyl (C=O) groups excluding carboxylic acids is 1. The van der Waals surface area contributed by atoms with Crippen LogP contribution in [0.25, 0.3) is 0 Å². The molecule has 0 atom stereocenters. The van der Waals surface area contributed by atoms with Gasteiger partial charge in [-0.25, -0.2) is 9.18 Å². The van der Waals surface area contributed by atoms with E-state index in [-0.39, 0.29) is 30.9 Å². The van der Waals surface area contributed by atoms with Crippen molar-refractivity contribution in [2.45, 2.75) is 19.4 Å². The van der Waals surface area contributed by atoms with Crippen LogP contribution in [0.5, 0.6) is 0 Å². The Morgan fingerprint density at radius 1 is 0.923 bits per heavy atom. The van der Waals surface area contributed by atoms with Gasteiger partial charge in [0.1, 0.15) is 12.4 Å². The van der Waals surface area contributed by atoms with E-state index in [4.69, 9.17) is 0 Å². The first-order chi connectivity index (χ1) is 18.5. The van der Waals surface area contributed by atoms with Gasteiger partial charge in [0, 0.05) is 44.1 Å². The molecule has 0 unspecified atom stereocenters. The highest BCUT2D eigenvalue weighted by Crippen LogP contribution is 2.32. The van der Waals surface area contributed by atoms with Crippen LogP contribution in [-0.2, 0) is 19.4 Å². The number of hydrogen-bond donors (Lipinski definition) is 2. The van der Waals surface area contributed by atoms with Gasteiger partial charge >= 0.3 is 12.2 Å². The maximum atomic E-state index is 14.0. The molecule has 0 radical (unpaired) electrons. The van der Waals surface area contributed by atoms with Crippen molar-refractivity contribution < 1.29 is 39.9 Å². The van der Waals surface area contributed by atoms with Crippen LogP contribution in [0.2, 0.25) is 0 Å². The van der Waals surface area contributed by atoms with Crippen molar-refractivity contribution >= 4 is 23.1 Å². The lowest BCUT2D eigenvalue weighted by atomic mass is 10.1. The van der Waals surface area contributed by atoms with Crippen LogP contribution in [-0.4, -0.2) is 42.1 Å². The SMILES string of the molecule is O=C(Nc1cc(CF)cc(C(F)(F)F)c1)N1CCN(c2ccccc2CNc2c(F)c(F)nc(F)c2F)CC1. The number of aromatic nitrogens is 1. The van der Waals surface area contributed by atoms with Gasteiger partial charge < -0.3 is 20.4 Å². The van der Waals surface area contributed by atoms with Gasteiger partial charge in [0.15, 0.2) is 0 Å². The van der Waals surface area contributed by atoms with Gasteiger partial charge in [0.25, 0.3) is 11.9 Å². The largest absolute Gasteiger partial charge is 0.416 e. The number of nitrogens with one attached hydrogen (secondary N) is 2. The fraction of sp³-hybridized carbons (Fsp3) is 0.280. The summed E-state index contributed by atoms with van der Waals surface area (Å²) in [5.74, 6) is -6.90. The summed E-state index contributed by atoms with van der Waals surface area (Å²) in [4.78, 5) is 18.4. The van der Waals surface area contributed by atoms with Gasteiger partial charge in [0.05, 0.1) is 5.56 Å². The first kappa shape index (κ1) is 27.9. The lowest BCUT2D eigenvalue weighted by molar-refractivity contribution is -0.137. The minimum absolute atomic E-state index is 0.173. The van der Waals surface area contributed by atoms with Crippen molar-refractivity contribution in [3.8, 4) is 0 Å². The van der Waals surface area contributed by atoms with Gasteiger partial charge in [-0.3, -0.25) is 0 Å². The standard InChI is InChI=1S/C25H21F8N5O/c26-12-14-9-16(25(31,32)33)11-17(10-14)35-24(39)38-7-5-37(6-8-38)18-4-2-1-3-15(18)13-34-21-19(27)22(29)36-23(30)20(21)28/h1-4,9-11H,5-8,12-13H2,(H,34,36)(H,35,39). The van der Waals surface area contributed by atoms with Crippen LogP contribution in [0.1, 0.15) is 16.7 Å². The average Bonchev–Trinajstić information content (AvgIpc) is 2.91. The zero-order valence-corrected chi connectivity index (χ0v) is 20.1. The number of piperazine rings is 1. The molecule has 208 valence electrons. The molecule has 39 heavy (non-hydrogen) atoms. The number of benzene rings is 2. The van der Waals surface area contributed by atoms with Crippen LogP contribution in [0, 0.1) is 23.5 Å². The van der Waals surface area contributed by atoms with Crippen molar-refractivity contribution in [2.24, 2.45) is 0 Å². The quantitative estimate of drug-likeness (QED) is 0.284. The molecule has 0 bridgehead atoms. The number of urea groups is 1. The topological polar surface area (TPSA) is 60.5 Å². The maximum absolute atomic E-state index is 14.0. The van der Waals surface area contributed by atoms with Crippen LogP contribution < -0.4 is 15.5 Å². The molecule has 2 heterocycles. The van der Waals surface area contributed by atoms with Gasteiger partial charge in [-0.2, -0.15) is 35.7 Å². The van der Waals surface area contributed by atoms with E-state index in [9.17, 15) is 39.9 Å². The summed E-state index contributed by atoms with van der Waals surface area (Å²) < 4.78 is 107. The Labute approximate surface area is 217 Å². The predicted octanol–water partition coefficient (Wildman–Crippen LogP) is 6.09. The second-order valence-electron chi connectivity index (χ2n) is 8.63. The molecule has 6 nitrogen and oxygen atoms in total. The number of hydrogen-bond acceptors (Lipinski definition) is 4. The Morgan fingerprint density at radius 2 is 1.56 bits per heavy atom. The van der Waals surface area contributed by atoms with Crippen molar-refractivity contribution in [1.82, 2.24) is 9.88 Å². The first-order valence-corrected chi connectivity index (χ1v) is 11.6. The van der Waals surface area contributed by atoms with Crippen molar-refractivity contribution in [1.29, 1.82) is 0 Å². The average molecular weight is 559 g/mol. The van der Waals surface area contributed by atoms with E-state index in [2.05, 4.69) is 15.6 Å². The second-order valence-corrected chi connectivity index (χ2v) is 8.63. The molecule has 1 aromatic heterocycles. The second kappa shape index (κ2) is 11.3. The molecule has 1 fully saturated rings. The van der Waals surface area contributed by atoms with Gasteiger partial charge in [0.2, 0.25) is 11.6 Å². The predicted molar refractivity (Wildman–Crippen MR) is 127 cm³/mol. The van der Waals surface area contributed by atoms with E-state index in [1.54, 1.807) is 24.3 Å². The Morgan fingerprint density at radius 3 is 2.18 bits per heavy atom. The van der Waals surface area contributed by atoms with Gasteiger partial charge in [-0.05, 0) is 35.4 Å². The number of pyridine rings is 1. The fourth-order valence-electron chi connectivity index (χ4n) is 4.15. The summed E-state index contributed by atoms with van der Waals surface area (Å²) in [6, 6.07) is 8.58. The Bertz CT molecular complexity index is 1330. The third-order valence-corrected chi connectivity index (χ3v) is 6.08. The van der Waals surface area contributed by atoms with Crippen molar-refractivity contribution in [2.75, 3.05) is 41.7 Å². The highest BCUT2D eigenvalue weighted by molar-refractivity contribution is 5.89. The third kappa shape index (κ3) is 6.32. The maximum Gasteiger partial charge on any atom is 0.416 e. The summed E-state index contributed by atoms with van der Waals surface area (Å²) in [5, 5.41) is 4.74. The minimum Gasteiger partial charge on any atom is -0.376 e. The zero-order valence-electron chi connectivity index (χ0n) is 20.1. The van der Waals surface area contributed by atoms with E-state index in [1.165, 1.54) is 4.90 Å². The minimum atomic E-state index is -4.71. The van der Waals surface area contributed by atoms with E-state index in [0.29, 0.717) is 30.4 Å². The number of amides is 2. The third-order valence-electron chi connectivity index (χ3n) is 6.08. The van der Waals surface area contributed by atoms with Crippen LogP contribution in [0.15, 0.2) is 42.5 Å². The summed E-state index contributed by atoms with van der Waals surface area (Å²) in [5.41, 5.74) is -1.33. The molecule has 0 saturated carbocycles. The highest BCUT2D eigenvalue weighted by Gasteiger charge is 2.32. The number of nitrogens with zero attached hydrogens (tertiary/aromatic N) is 3. The van der Waals surface area contributed by atoms with E-state index >= 15 is 0 Å². The Balaban J connectivity index is 1.41. The normalized spacial score (nSPS) is 13.9. The highest BCUT2D eigenvalue weighted by atomic mass is 19.4. The number of para-hydroxylation sites is 1. The molecule has 2 N–H and O–H groups in total. The van der Waals surface area contributed by atoms with E-state index < -0.39 is 53.7 Å². The van der Waals surface area contributed by atoms with E-state index in [1.807, 2.05) is 4.90 Å². The lowest BCUT2D eigenvalue weighted by Gasteiger charge is -2.37. The molecule has 3 aromatic rings. The summed E-state index contributed by atoms with van der Waals surface area (Å²) in [6.07, 6.45) is -4.71. The van der Waals surface area contributed by atoms with E-state index in [0.717, 1.165) is 12.1 Å². The number of carbonyl (C=O) groups is 1. The smallest absolute Gasteiger partial charge is 0.376 e. The van der Waals surface area contributed by atoms with Crippen LogP contribution >= 0.6 is 0 Å². The molecule has 1 aliphatic rings. The fourth-order valence-corrected chi connectivity index (χ4v) is 4.15.